The molecule has 1 N–H and O–H groups in total. The van der Waals surface area contributed by atoms with E-state index < -0.39 is 0 Å². The maximum atomic E-state index is 3.56. The number of nitrogens with one attached hydrogen (secondary N) is 1. The smallest absolute Gasteiger partial charge is 0.0581 e. The molecule has 15 aromatic carbocycles. The fourth-order valence-corrected chi connectivity index (χ4v) is 24.6. The van der Waals surface area contributed by atoms with Gasteiger partial charge in [-0.15, -0.1) is 0 Å². The van der Waals surface area contributed by atoms with Gasteiger partial charge < -0.3 is 5.32 Å². The van der Waals surface area contributed by atoms with Crippen LogP contribution in [0, 0.1) is 69.2 Å². The van der Waals surface area contributed by atoms with Gasteiger partial charge in [-0.25, -0.2) is 0 Å². The van der Waals surface area contributed by atoms with Crippen molar-refractivity contribution < 1.29 is 0 Å². The third-order valence-electron chi connectivity index (χ3n) is 30.4. The maximum absolute atomic E-state index is 3.56. The molecule has 0 atom stereocenters. The lowest BCUT2D eigenvalue weighted by molar-refractivity contribution is 0.352. The molecule has 3 fully saturated rings. The lowest BCUT2D eigenvalue weighted by Gasteiger charge is -2.36. The van der Waals surface area contributed by atoms with Gasteiger partial charge in [0.15, 0.2) is 0 Å². The van der Waals surface area contributed by atoms with Gasteiger partial charge in [-0.3, -0.25) is 0 Å². The van der Waals surface area contributed by atoms with Crippen LogP contribution in [0.2, 0.25) is 0 Å². The van der Waals surface area contributed by atoms with E-state index >= 15 is 0 Å². The molecule has 0 aromatic heterocycles. The molecule has 0 unspecified atom stereocenters. The van der Waals surface area contributed by atoms with E-state index in [1.807, 2.05) is 0 Å². The molecule has 5 spiro atoms. The van der Waals surface area contributed by atoms with Crippen LogP contribution in [-0.2, 0) is 27.1 Å². The van der Waals surface area contributed by atoms with E-state index in [1.165, 1.54) is 264 Å². The van der Waals surface area contributed by atoms with Gasteiger partial charge in [-0.05, 0) is 314 Å². The molecule has 1 heteroatoms. The molecule has 1 saturated heterocycles. The zero-order valence-corrected chi connectivity index (χ0v) is 72.9. The molecule has 1 aliphatic heterocycles. The minimum Gasteiger partial charge on any atom is -0.317 e. The van der Waals surface area contributed by atoms with Crippen molar-refractivity contribution in [2.75, 3.05) is 13.1 Å². The highest BCUT2D eigenvalue weighted by Crippen LogP contribution is 2.63. The lowest BCUT2D eigenvalue weighted by atomic mass is 9.67. The highest BCUT2D eigenvalue weighted by atomic mass is 14.9. The zero-order valence-electron chi connectivity index (χ0n) is 72.9. The Morgan fingerprint density at radius 3 is 0.861 bits per heavy atom. The van der Waals surface area contributed by atoms with E-state index in [9.17, 15) is 0 Å². The number of benzene rings is 15. The second kappa shape index (κ2) is 30.3. The van der Waals surface area contributed by atoms with Crippen molar-refractivity contribution in [3.8, 4) is 55.6 Å². The number of hydrogen-bond donors (Lipinski definition) is 1. The Labute approximate surface area is 723 Å². The molecule has 15 aromatic rings. The average Bonchev–Trinajstić information content (AvgIpc) is 1.58. The van der Waals surface area contributed by atoms with Crippen LogP contribution in [-0.4, -0.2) is 13.1 Å². The Kier molecular flexibility index (Phi) is 19.2. The third-order valence-corrected chi connectivity index (χ3v) is 30.4. The summed E-state index contributed by atoms with van der Waals surface area (Å²) in [4.78, 5) is 0. The summed E-state index contributed by atoms with van der Waals surface area (Å²) < 4.78 is 0. The van der Waals surface area contributed by atoms with Crippen LogP contribution < -0.4 is 5.32 Å². The Balaban J connectivity index is 0.0000000939. The molecule has 10 aliphatic rings. The molecular formula is C121H111N. The molecule has 0 amide bonds. The minimum atomic E-state index is -0.172. The Morgan fingerprint density at radius 1 is 0.197 bits per heavy atom. The Morgan fingerprint density at radius 2 is 0.475 bits per heavy atom. The van der Waals surface area contributed by atoms with Crippen LogP contribution in [0.5, 0.6) is 0 Å². The van der Waals surface area contributed by atoms with Gasteiger partial charge in [-0.1, -0.05) is 382 Å². The molecule has 0 radical (unpaired) electrons. The molecule has 600 valence electrons. The number of fused-ring (bicyclic) bond motifs is 35. The van der Waals surface area contributed by atoms with Crippen molar-refractivity contribution >= 4 is 53.9 Å². The fourth-order valence-electron chi connectivity index (χ4n) is 24.6. The van der Waals surface area contributed by atoms with Crippen molar-refractivity contribution in [3.63, 3.8) is 0 Å². The van der Waals surface area contributed by atoms with Gasteiger partial charge >= 0.3 is 0 Å². The van der Waals surface area contributed by atoms with E-state index in [2.05, 4.69) is 390 Å². The number of aryl methyl sites for hydroxylation is 10. The molecule has 9 aliphatic carbocycles. The molecule has 1 nitrogen and oxygen atoms in total. The van der Waals surface area contributed by atoms with Gasteiger partial charge in [-0.2, -0.15) is 0 Å². The normalized spacial score (nSPS) is 17.2. The van der Waals surface area contributed by atoms with E-state index in [4.69, 9.17) is 0 Å². The van der Waals surface area contributed by atoms with Gasteiger partial charge in [0.05, 0.1) is 10.8 Å². The first-order chi connectivity index (χ1) is 59.5. The molecular weight excluding hydrogens is 1470 g/mol. The number of hydrogen-bond acceptors (Lipinski definition) is 1. The predicted molar refractivity (Wildman–Crippen MR) is 521 cm³/mol. The predicted octanol–water partition coefficient (Wildman–Crippen LogP) is 31.3. The standard InChI is InChI=1S/2C25H20.2C24H24.C23H23N/c1-17-11-12-21-22(15-17)25(13-7-3-4-8-14-25)23-16-18(2)19-9-5-6-10-20(19)24(21)23;1-17-10-11-21-23(16-17)25(14-5-3-4-6-15-25)22-13-12-19-18(2)8-7-9-20(19)24(21)22;1-16-10-11-20-21(14-16)24(12-6-3-7-13-24)22-15-17(2)18-8-4-5-9-19(18)23(20)22;1-16-9-10-20-22(15-16)24(13-4-3-5-14-24)21-12-11-18-17(2)7-6-8-19(18)23(20)21;1-15-7-8-19-20(13-15)23(9-11-24-12-10-23)21-14-16(2)17-5-3-4-6-18(17)22(19)21/h2*3-16H,1-2H3;4-5,8-11,14-15H,3,6-7,12-13H2,1-2H3;6-12,15H,3-5,13-14H2,1-2H3;3-8,13-14,24H,9-12H2,1-2H3. The second-order valence-corrected chi connectivity index (χ2v) is 37.6. The highest BCUT2D eigenvalue weighted by molar-refractivity contribution is 6.09. The summed E-state index contributed by atoms with van der Waals surface area (Å²) in [7, 11) is 0. The second-order valence-electron chi connectivity index (χ2n) is 37.6. The first kappa shape index (κ1) is 77.3. The summed E-state index contributed by atoms with van der Waals surface area (Å²) in [5, 5.41) is 17.5. The third kappa shape index (κ3) is 12.1. The zero-order chi connectivity index (χ0) is 83.0. The first-order valence-corrected chi connectivity index (χ1v) is 45.5. The summed E-state index contributed by atoms with van der Waals surface area (Å²) in [6.45, 7) is 24.5. The summed E-state index contributed by atoms with van der Waals surface area (Å²) in [5.74, 6) is 0. The van der Waals surface area contributed by atoms with Crippen LogP contribution in [0.15, 0.2) is 316 Å². The molecule has 0 bridgehead atoms. The van der Waals surface area contributed by atoms with Crippen molar-refractivity contribution in [1.29, 1.82) is 0 Å². The van der Waals surface area contributed by atoms with Crippen molar-refractivity contribution in [2.24, 2.45) is 0 Å². The first-order valence-electron chi connectivity index (χ1n) is 45.5. The lowest BCUT2D eigenvalue weighted by Crippen LogP contribution is -2.39. The minimum absolute atomic E-state index is 0.169. The summed E-state index contributed by atoms with van der Waals surface area (Å²) >= 11 is 0. The average molecular weight is 1580 g/mol. The summed E-state index contributed by atoms with van der Waals surface area (Å²) in [6, 6.07) is 92.2. The Bertz CT molecular complexity index is 6780. The molecule has 25 rings (SSSR count). The molecule has 1 heterocycles. The van der Waals surface area contributed by atoms with E-state index in [1.54, 1.807) is 33.4 Å². The van der Waals surface area contributed by atoms with Crippen LogP contribution in [0.4, 0.5) is 0 Å². The quantitative estimate of drug-likeness (QED) is 0.160. The van der Waals surface area contributed by atoms with Gasteiger partial charge in [0.1, 0.15) is 0 Å². The SMILES string of the molecule is Cc1ccc2c(c1)C1(C=CC=CC=C1)c1cc(C)c3ccccc3c1-2.Cc1ccc2c(c1)C1(C=CC=CC=C1)c1ccc3c(C)cccc3c1-2.Cc1ccc2c(c1)C1(CCCCC1)c1cc(C)c3ccccc3c1-2.Cc1ccc2c(c1)C1(CCCCC1)c1ccc3c(C)cccc3c1-2.Cc1ccc2c(c1)C1(CCNCC1)c1cc(C)c3ccccc3c1-2. The fraction of sp³-hybridized carbons (Fsp3) is 0.240. The topological polar surface area (TPSA) is 12.0 Å². The monoisotopic (exact) mass is 1580 g/mol. The van der Waals surface area contributed by atoms with Crippen molar-refractivity contribution in [3.05, 3.63) is 427 Å². The van der Waals surface area contributed by atoms with Gasteiger partial charge in [0.2, 0.25) is 0 Å². The van der Waals surface area contributed by atoms with Crippen LogP contribution in [0.1, 0.15) is 188 Å². The van der Waals surface area contributed by atoms with Crippen molar-refractivity contribution in [2.45, 2.75) is 173 Å². The summed E-state index contributed by atoms with van der Waals surface area (Å²) in [6.07, 6.45) is 42.5. The largest absolute Gasteiger partial charge is 0.317 e. The van der Waals surface area contributed by atoms with Crippen LogP contribution in [0.25, 0.3) is 109 Å². The Hall–Kier alpha value is -12.0. The maximum Gasteiger partial charge on any atom is 0.0581 e. The molecule has 2 saturated carbocycles. The van der Waals surface area contributed by atoms with Crippen molar-refractivity contribution in [1.82, 2.24) is 5.32 Å². The highest BCUT2D eigenvalue weighted by Gasteiger charge is 2.49. The van der Waals surface area contributed by atoms with Crippen LogP contribution in [0.3, 0.4) is 0 Å². The number of allylic oxidation sites excluding steroid dienone is 12. The number of rotatable bonds is 0. The van der Waals surface area contributed by atoms with E-state index in [-0.39, 0.29) is 27.1 Å². The van der Waals surface area contributed by atoms with Gasteiger partial charge in [0, 0.05) is 16.2 Å². The molecule has 122 heavy (non-hydrogen) atoms. The van der Waals surface area contributed by atoms with Crippen LogP contribution >= 0.6 is 0 Å². The van der Waals surface area contributed by atoms with E-state index in [0.717, 1.165) is 13.1 Å². The van der Waals surface area contributed by atoms with Gasteiger partial charge in [0.25, 0.3) is 0 Å². The summed E-state index contributed by atoms with van der Waals surface area (Å²) in [5.41, 5.74) is 43.8. The number of piperidine rings is 1. The van der Waals surface area contributed by atoms with E-state index in [0.29, 0.717) is 0 Å².